The third-order valence-electron chi connectivity index (χ3n) is 3.05. The van der Waals surface area contributed by atoms with Gasteiger partial charge in [0.25, 0.3) is 0 Å². The van der Waals surface area contributed by atoms with Crippen LogP contribution in [0.4, 0.5) is 4.39 Å². The molecule has 0 spiro atoms. The van der Waals surface area contributed by atoms with E-state index in [1.165, 1.54) is 17.7 Å². The Hall–Kier alpha value is -2.27. The van der Waals surface area contributed by atoms with E-state index in [-0.39, 0.29) is 17.7 Å². The van der Waals surface area contributed by atoms with Gasteiger partial charge < -0.3 is 9.84 Å². The molecule has 2 aromatic rings. The molecule has 21 heavy (non-hydrogen) atoms. The minimum atomic E-state index is -1.08. The molecule has 5 heteroatoms. The van der Waals surface area contributed by atoms with Crippen LogP contribution in [0.25, 0.3) is 0 Å². The van der Waals surface area contributed by atoms with E-state index in [1.807, 2.05) is 12.1 Å². The zero-order valence-electron chi connectivity index (χ0n) is 11.5. The van der Waals surface area contributed by atoms with E-state index in [4.69, 9.17) is 9.84 Å². The van der Waals surface area contributed by atoms with Crippen LogP contribution in [-0.2, 0) is 17.8 Å². The molecule has 1 N–H and O–H groups in total. The summed E-state index contributed by atoms with van der Waals surface area (Å²) in [6.45, 7) is 0.558. The predicted molar refractivity (Wildman–Crippen MR) is 75.6 cm³/mol. The molecule has 0 aliphatic rings. The van der Waals surface area contributed by atoms with Crippen molar-refractivity contribution in [2.75, 3.05) is 6.61 Å². The molecule has 0 amide bonds. The van der Waals surface area contributed by atoms with Crippen molar-refractivity contribution >= 4 is 5.97 Å². The number of hydrogen-bond acceptors (Lipinski definition) is 3. The fraction of sp³-hybridized carbons (Fsp3) is 0.250. The largest absolute Gasteiger partial charge is 0.478 e. The van der Waals surface area contributed by atoms with E-state index < -0.39 is 11.8 Å². The second kappa shape index (κ2) is 7.50. The lowest BCUT2D eigenvalue weighted by Gasteiger charge is -2.07. The molecule has 1 aromatic carbocycles. The van der Waals surface area contributed by atoms with Crippen molar-refractivity contribution in [3.05, 3.63) is 65.2 Å². The molecule has 0 saturated carbocycles. The van der Waals surface area contributed by atoms with Crippen LogP contribution in [0.1, 0.15) is 27.9 Å². The Bertz CT molecular complexity index is 602. The predicted octanol–water partition coefficient (Wildman–Crippen LogP) is 3.07. The number of pyridine rings is 1. The molecule has 0 atom stereocenters. The molecule has 0 aliphatic heterocycles. The number of hydrogen-bond donors (Lipinski definition) is 1. The van der Waals surface area contributed by atoms with Gasteiger partial charge in [0.05, 0.1) is 12.2 Å². The summed E-state index contributed by atoms with van der Waals surface area (Å²) in [5.74, 6) is -1.52. The first-order chi connectivity index (χ1) is 10.2. The van der Waals surface area contributed by atoms with Gasteiger partial charge in [0.1, 0.15) is 5.82 Å². The van der Waals surface area contributed by atoms with Crippen LogP contribution in [0.15, 0.2) is 42.7 Å². The highest BCUT2D eigenvalue weighted by Gasteiger charge is 2.08. The molecular weight excluding hydrogens is 273 g/mol. The van der Waals surface area contributed by atoms with Crippen molar-refractivity contribution in [2.24, 2.45) is 0 Å². The van der Waals surface area contributed by atoms with Gasteiger partial charge in [-0.15, -0.1) is 0 Å². The van der Waals surface area contributed by atoms with Gasteiger partial charge >= 0.3 is 5.97 Å². The second-order valence-corrected chi connectivity index (χ2v) is 4.62. The van der Waals surface area contributed by atoms with Crippen molar-refractivity contribution in [1.29, 1.82) is 0 Å². The summed E-state index contributed by atoms with van der Waals surface area (Å²) in [4.78, 5) is 14.8. The maximum Gasteiger partial charge on any atom is 0.335 e. The van der Waals surface area contributed by atoms with Crippen molar-refractivity contribution in [3.8, 4) is 0 Å². The Morgan fingerprint density at radius 3 is 2.71 bits per heavy atom. The standard InChI is InChI=1S/C16H16FNO3/c17-15-4-3-13(16(19)20)10-14(15)11-21-9-1-2-12-5-7-18-8-6-12/h3-8,10H,1-2,9,11H2,(H,19,20). The number of carboxylic acid groups (broad SMARTS) is 1. The normalized spacial score (nSPS) is 10.5. The first-order valence-electron chi connectivity index (χ1n) is 6.65. The van der Waals surface area contributed by atoms with Gasteiger partial charge in [-0.25, -0.2) is 9.18 Å². The van der Waals surface area contributed by atoms with E-state index in [2.05, 4.69) is 4.98 Å². The Labute approximate surface area is 122 Å². The lowest BCUT2D eigenvalue weighted by Crippen LogP contribution is -2.03. The average Bonchev–Trinajstić information content (AvgIpc) is 2.49. The molecule has 0 aliphatic carbocycles. The number of aryl methyl sites for hydroxylation is 1. The number of ether oxygens (including phenoxy) is 1. The SMILES string of the molecule is O=C(O)c1ccc(F)c(COCCCc2ccncc2)c1. The van der Waals surface area contributed by atoms with Gasteiger partial charge in [0, 0.05) is 24.6 Å². The summed E-state index contributed by atoms with van der Waals surface area (Å²) in [6, 6.07) is 7.58. The number of rotatable bonds is 7. The molecule has 1 heterocycles. The van der Waals surface area contributed by atoms with E-state index in [0.29, 0.717) is 6.61 Å². The summed E-state index contributed by atoms with van der Waals surface area (Å²) in [7, 11) is 0. The van der Waals surface area contributed by atoms with Gasteiger partial charge in [0.15, 0.2) is 0 Å². The van der Waals surface area contributed by atoms with Crippen LogP contribution in [0.5, 0.6) is 0 Å². The summed E-state index contributed by atoms with van der Waals surface area (Å²) < 4.78 is 18.9. The van der Waals surface area contributed by atoms with Crippen LogP contribution in [0.2, 0.25) is 0 Å². The zero-order chi connectivity index (χ0) is 15.1. The fourth-order valence-corrected chi connectivity index (χ4v) is 1.93. The number of carboxylic acids is 1. The first-order valence-corrected chi connectivity index (χ1v) is 6.65. The summed E-state index contributed by atoms with van der Waals surface area (Å²) in [5.41, 5.74) is 1.50. The van der Waals surface area contributed by atoms with E-state index in [1.54, 1.807) is 12.4 Å². The van der Waals surface area contributed by atoms with Gasteiger partial charge in [-0.3, -0.25) is 4.98 Å². The highest BCUT2D eigenvalue weighted by molar-refractivity contribution is 5.87. The molecule has 0 saturated heterocycles. The number of aromatic carboxylic acids is 1. The number of benzene rings is 1. The van der Waals surface area contributed by atoms with Crippen LogP contribution < -0.4 is 0 Å². The van der Waals surface area contributed by atoms with E-state index in [9.17, 15) is 9.18 Å². The molecule has 0 unspecified atom stereocenters. The molecule has 4 nitrogen and oxygen atoms in total. The zero-order valence-corrected chi connectivity index (χ0v) is 11.5. The lowest BCUT2D eigenvalue weighted by atomic mass is 10.1. The van der Waals surface area contributed by atoms with Crippen LogP contribution in [0, 0.1) is 5.82 Å². The quantitative estimate of drug-likeness (QED) is 0.796. The number of halogens is 1. The molecule has 0 radical (unpaired) electrons. The fourth-order valence-electron chi connectivity index (χ4n) is 1.93. The third kappa shape index (κ3) is 4.65. The van der Waals surface area contributed by atoms with Gasteiger partial charge in [-0.05, 0) is 48.7 Å². The summed E-state index contributed by atoms with van der Waals surface area (Å²) in [5, 5.41) is 8.87. The Morgan fingerprint density at radius 1 is 1.24 bits per heavy atom. The minimum absolute atomic E-state index is 0.0618. The second-order valence-electron chi connectivity index (χ2n) is 4.62. The molecular formula is C16H16FNO3. The highest BCUT2D eigenvalue weighted by Crippen LogP contribution is 2.12. The van der Waals surface area contributed by atoms with Crippen LogP contribution >= 0.6 is 0 Å². The van der Waals surface area contributed by atoms with Crippen molar-refractivity contribution < 1.29 is 19.0 Å². The third-order valence-corrected chi connectivity index (χ3v) is 3.05. The topological polar surface area (TPSA) is 59.4 Å². The van der Waals surface area contributed by atoms with Crippen LogP contribution in [0.3, 0.4) is 0 Å². The van der Waals surface area contributed by atoms with Gasteiger partial charge in [-0.1, -0.05) is 0 Å². The van der Waals surface area contributed by atoms with E-state index in [0.717, 1.165) is 18.9 Å². The minimum Gasteiger partial charge on any atom is -0.478 e. The lowest BCUT2D eigenvalue weighted by molar-refractivity contribution is 0.0696. The summed E-state index contributed by atoms with van der Waals surface area (Å²) >= 11 is 0. The van der Waals surface area contributed by atoms with Crippen molar-refractivity contribution in [1.82, 2.24) is 4.98 Å². The first kappa shape index (κ1) is 15.1. The van der Waals surface area contributed by atoms with Gasteiger partial charge in [-0.2, -0.15) is 0 Å². The molecule has 2 rings (SSSR count). The average molecular weight is 289 g/mol. The molecule has 0 fully saturated rings. The summed E-state index contributed by atoms with van der Waals surface area (Å²) in [6.07, 6.45) is 5.15. The van der Waals surface area contributed by atoms with E-state index >= 15 is 0 Å². The highest BCUT2D eigenvalue weighted by atomic mass is 19.1. The Balaban J connectivity index is 1.78. The monoisotopic (exact) mass is 289 g/mol. The molecule has 1 aromatic heterocycles. The smallest absolute Gasteiger partial charge is 0.335 e. The molecule has 0 bridgehead atoms. The maximum absolute atomic E-state index is 13.5. The van der Waals surface area contributed by atoms with Crippen LogP contribution in [-0.4, -0.2) is 22.7 Å². The Kier molecular flexibility index (Phi) is 5.40. The number of aromatic nitrogens is 1. The number of carbonyl (C=O) groups is 1. The van der Waals surface area contributed by atoms with Crippen molar-refractivity contribution in [2.45, 2.75) is 19.4 Å². The number of nitrogens with zero attached hydrogens (tertiary/aromatic N) is 1. The van der Waals surface area contributed by atoms with Crippen molar-refractivity contribution in [3.63, 3.8) is 0 Å². The molecule has 110 valence electrons. The van der Waals surface area contributed by atoms with Gasteiger partial charge in [0.2, 0.25) is 0 Å². The maximum atomic E-state index is 13.5. The Morgan fingerprint density at radius 2 is 2.00 bits per heavy atom.